The van der Waals surface area contributed by atoms with Crippen LogP contribution < -0.4 is 0 Å². The maximum absolute atomic E-state index is 13.4. The highest BCUT2D eigenvalue weighted by atomic mass is 79.9. The van der Waals surface area contributed by atoms with Gasteiger partial charge in [0.2, 0.25) is 0 Å². The van der Waals surface area contributed by atoms with Gasteiger partial charge in [0, 0.05) is 29.5 Å². The molecule has 6 heteroatoms. The average Bonchev–Trinajstić information content (AvgIpc) is 2.31. The number of benzene rings is 1. The molecular formula is C13H15BrFNO3. The molecule has 0 aromatic heterocycles. The highest BCUT2D eigenvalue weighted by molar-refractivity contribution is 9.10. The molecule has 0 unspecified atom stereocenters. The van der Waals surface area contributed by atoms with Gasteiger partial charge in [-0.3, -0.25) is 4.79 Å². The van der Waals surface area contributed by atoms with Gasteiger partial charge in [-0.05, 0) is 24.6 Å². The highest BCUT2D eigenvalue weighted by Crippen LogP contribution is 2.24. The van der Waals surface area contributed by atoms with Crippen LogP contribution in [0.15, 0.2) is 16.6 Å². The van der Waals surface area contributed by atoms with Gasteiger partial charge in [0.1, 0.15) is 5.82 Å². The highest BCUT2D eigenvalue weighted by Gasteiger charge is 2.29. The fourth-order valence-electron chi connectivity index (χ4n) is 2.25. The standard InChI is InChI=1S/C13H15BrFNO3/c1-7-11(2-8(15)3-12(7)14)13(19)16-5-9(17)4-10(18)6-16/h2-3,9-10,17-18H,4-6H2,1H3/t9-,10+. The van der Waals surface area contributed by atoms with Gasteiger partial charge in [-0.25, -0.2) is 4.39 Å². The Morgan fingerprint density at radius 3 is 2.53 bits per heavy atom. The number of likely N-dealkylation sites (tertiary alicyclic amines) is 1. The molecule has 1 fully saturated rings. The van der Waals surface area contributed by atoms with Crippen molar-refractivity contribution in [3.63, 3.8) is 0 Å². The molecular weight excluding hydrogens is 317 g/mol. The summed E-state index contributed by atoms with van der Waals surface area (Å²) < 4.78 is 13.9. The van der Waals surface area contributed by atoms with Crippen molar-refractivity contribution in [3.05, 3.63) is 33.5 Å². The summed E-state index contributed by atoms with van der Waals surface area (Å²) in [6, 6.07) is 2.47. The minimum Gasteiger partial charge on any atom is -0.391 e. The van der Waals surface area contributed by atoms with Gasteiger partial charge in [0.05, 0.1) is 12.2 Å². The first-order valence-corrected chi connectivity index (χ1v) is 6.79. The Morgan fingerprint density at radius 1 is 1.37 bits per heavy atom. The average molecular weight is 332 g/mol. The first-order valence-electron chi connectivity index (χ1n) is 5.99. The lowest BCUT2D eigenvalue weighted by molar-refractivity contribution is -0.00390. The Kier molecular flexibility index (Phi) is 4.23. The Bertz CT molecular complexity index is 499. The van der Waals surface area contributed by atoms with Gasteiger partial charge in [-0.15, -0.1) is 0 Å². The SMILES string of the molecule is Cc1c(Br)cc(F)cc1C(=O)N1C[C@H](O)C[C@H](O)C1. The van der Waals surface area contributed by atoms with Crippen LogP contribution in [0.2, 0.25) is 0 Å². The molecule has 104 valence electrons. The monoisotopic (exact) mass is 331 g/mol. The van der Waals surface area contributed by atoms with Gasteiger partial charge >= 0.3 is 0 Å². The lowest BCUT2D eigenvalue weighted by atomic mass is 10.0. The molecule has 0 saturated carbocycles. The summed E-state index contributed by atoms with van der Waals surface area (Å²) in [5, 5.41) is 19.2. The molecule has 0 aliphatic carbocycles. The molecule has 1 aromatic rings. The molecule has 2 N–H and O–H groups in total. The van der Waals surface area contributed by atoms with Crippen molar-refractivity contribution < 1.29 is 19.4 Å². The molecule has 1 amide bonds. The molecule has 1 aromatic carbocycles. The summed E-state index contributed by atoms with van der Waals surface area (Å²) in [6.45, 7) is 2.03. The number of rotatable bonds is 1. The van der Waals surface area contributed by atoms with E-state index in [-0.39, 0.29) is 31.0 Å². The molecule has 1 aliphatic heterocycles. The maximum atomic E-state index is 13.4. The third-order valence-electron chi connectivity index (χ3n) is 3.23. The summed E-state index contributed by atoms with van der Waals surface area (Å²) in [5.41, 5.74) is 0.883. The van der Waals surface area contributed by atoms with E-state index in [0.29, 0.717) is 10.0 Å². The lowest BCUT2D eigenvalue weighted by Crippen LogP contribution is -2.48. The summed E-state index contributed by atoms with van der Waals surface area (Å²) in [6.07, 6.45) is -1.23. The second-order valence-electron chi connectivity index (χ2n) is 4.81. The molecule has 1 heterocycles. The first-order chi connectivity index (χ1) is 8.88. The van der Waals surface area contributed by atoms with Gasteiger partial charge in [-0.1, -0.05) is 15.9 Å². The first kappa shape index (κ1) is 14.4. The number of halogens is 2. The van der Waals surface area contributed by atoms with E-state index in [4.69, 9.17) is 0 Å². The number of carbonyl (C=O) groups is 1. The topological polar surface area (TPSA) is 60.8 Å². The Hall–Kier alpha value is -0.980. The van der Waals surface area contributed by atoms with Crippen LogP contribution >= 0.6 is 15.9 Å². The van der Waals surface area contributed by atoms with E-state index < -0.39 is 18.0 Å². The zero-order valence-corrected chi connectivity index (χ0v) is 12.0. The third kappa shape index (κ3) is 3.13. The molecule has 0 spiro atoms. The quantitative estimate of drug-likeness (QED) is 0.819. The van der Waals surface area contributed by atoms with Gasteiger partial charge in [0.15, 0.2) is 0 Å². The van der Waals surface area contributed by atoms with Crippen molar-refractivity contribution >= 4 is 21.8 Å². The van der Waals surface area contributed by atoms with E-state index in [1.54, 1.807) is 6.92 Å². The van der Waals surface area contributed by atoms with Crippen molar-refractivity contribution in [2.45, 2.75) is 25.6 Å². The molecule has 2 rings (SSSR count). The van der Waals surface area contributed by atoms with E-state index in [1.165, 1.54) is 17.0 Å². The van der Waals surface area contributed by atoms with Crippen LogP contribution in [0.5, 0.6) is 0 Å². The largest absolute Gasteiger partial charge is 0.391 e. The molecule has 1 saturated heterocycles. The van der Waals surface area contributed by atoms with E-state index >= 15 is 0 Å². The molecule has 0 bridgehead atoms. The predicted octanol–water partition coefficient (Wildman–Crippen LogP) is 1.46. The fraction of sp³-hybridized carbons (Fsp3) is 0.462. The van der Waals surface area contributed by atoms with Gasteiger partial charge in [0.25, 0.3) is 5.91 Å². The summed E-state index contributed by atoms with van der Waals surface area (Å²) in [5.74, 6) is -0.880. The summed E-state index contributed by atoms with van der Waals surface area (Å²) >= 11 is 3.20. The molecule has 19 heavy (non-hydrogen) atoms. The van der Waals surface area contributed by atoms with Crippen molar-refractivity contribution in [3.8, 4) is 0 Å². The summed E-state index contributed by atoms with van der Waals surface area (Å²) in [4.78, 5) is 13.7. The van der Waals surface area contributed by atoms with E-state index in [2.05, 4.69) is 15.9 Å². The zero-order valence-electron chi connectivity index (χ0n) is 10.4. The Labute approximate surface area is 119 Å². The van der Waals surface area contributed by atoms with E-state index in [9.17, 15) is 19.4 Å². The second kappa shape index (κ2) is 5.56. The number of carbonyl (C=O) groups excluding carboxylic acids is 1. The third-order valence-corrected chi connectivity index (χ3v) is 4.06. The smallest absolute Gasteiger partial charge is 0.254 e. The van der Waals surface area contributed by atoms with Crippen molar-refractivity contribution in [1.29, 1.82) is 0 Å². The van der Waals surface area contributed by atoms with Crippen LogP contribution in [0.3, 0.4) is 0 Å². The predicted molar refractivity (Wildman–Crippen MR) is 71.4 cm³/mol. The molecule has 4 nitrogen and oxygen atoms in total. The number of nitrogens with zero attached hydrogens (tertiary/aromatic N) is 1. The number of amides is 1. The van der Waals surface area contributed by atoms with Crippen molar-refractivity contribution in [2.75, 3.05) is 13.1 Å². The number of piperidine rings is 1. The van der Waals surface area contributed by atoms with E-state index in [1.807, 2.05) is 0 Å². The van der Waals surface area contributed by atoms with Crippen molar-refractivity contribution in [1.82, 2.24) is 4.90 Å². The maximum Gasteiger partial charge on any atom is 0.254 e. The fourth-order valence-corrected chi connectivity index (χ4v) is 2.68. The Morgan fingerprint density at radius 2 is 1.95 bits per heavy atom. The van der Waals surface area contributed by atoms with Crippen molar-refractivity contribution in [2.24, 2.45) is 0 Å². The van der Waals surface area contributed by atoms with Crippen LogP contribution in [-0.4, -0.2) is 46.3 Å². The number of aliphatic hydroxyl groups is 2. The van der Waals surface area contributed by atoms with Crippen LogP contribution in [0.4, 0.5) is 4.39 Å². The number of hydrogen-bond acceptors (Lipinski definition) is 3. The van der Waals surface area contributed by atoms with Gasteiger partial charge < -0.3 is 15.1 Å². The normalized spacial score (nSPS) is 23.5. The molecule has 1 aliphatic rings. The minimum atomic E-state index is -0.745. The van der Waals surface area contributed by atoms with Crippen LogP contribution in [0.25, 0.3) is 0 Å². The summed E-state index contributed by atoms with van der Waals surface area (Å²) in [7, 11) is 0. The van der Waals surface area contributed by atoms with E-state index in [0.717, 1.165) is 0 Å². The Balaban J connectivity index is 2.29. The van der Waals surface area contributed by atoms with Crippen LogP contribution in [-0.2, 0) is 0 Å². The second-order valence-corrected chi connectivity index (χ2v) is 5.67. The van der Waals surface area contributed by atoms with Gasteiger partial charge in [-0.2, -0.15) is 0 Å². The zero-order chi connectivity index (χ0) is 14.2. The minimum absolute atomic E-state index is 0.156. The molecule has 0 radical (unpaired) electrons. The number of β-amino-alcohol motifs (C(OH)–C–C–N with tert-alkyl or cyclic N) is 2. The number of hydrogen-bond donors (Lipinski definition) is 2. The molecule has 2 atom stereocenters. The van der Waals surface area contributed by atoms with Crippen LogP contribution in [0.1, 0.15) is 22.3 Å². The lowest BCUT2D eigenvalue weighted by Gasteiger charge is -2.33. The number of aliphatic hydroxyl groups excluding tert-OH is 2. The van der Waals surface area contributed by atoms with Crippen LogP contribution in [0, 0.1) is 12.7 Å².